The van der Waals surface area contributed by atoms with Crippen LogP contribution < -0.4 is 66.3 Å². The second-order valence-corrected chi connectivity index (χ2v) is 18.4. The minimum atomic E-state index is -1.34. The Kier molecular flexibility index (Phi) is 18.3. The molecular formula is C51H66N18O6. The molecule has 1 saturated heterocycles. The zero-order valence-corrected chi connectivity index (χ0v) is 41.4. The molecule has 24 heteroatoms. The van der Waals surface area contributed by atoms with Gasteiger partial charge in [0, 0.05) is 90.2 Å². The highest BCUT2D eigenvalue weighted by Crippen LogP contribution is 2.23. The second kappa shape index (κ2) is 25.5. The number of rotatable bonds is 18. The number of nitrogens with two attached hydrogens (primary N) is 6. The number of guanidine groups is 3. The summed E-state index contributed by atoms with van der Waals surface area (Å²) in [6.07, 6.45) is 5.59. The van der Waals surface area contributed by atoms with Crippen molar-refractivity contribution in [3.63, 3.8) is 0 Å². The number of benzene rings is 3. The first-order chi connectivity index (χ1) is 36.1. The molecule has 75 heavy (non-hydrogen) atoms. The molecular weight excluding hydrogens is 961 g/mol. The first-order valence-corrected chi connectivity index (χ1v) is 24.8. The smallest absolute Gasteiger partial charge is 0.243 e. The molecule has 3 aromatic carbocycles. The molecule has 0 aliphatic carbocycles. The molecule has 3 aromatic heterocycles. The number of aromatic amines is 3. The number of hydrogen-bond donors (Lipinski definition) is 15. The summed E-state index contributed by atoms with van der Waals surface area (Å²) in [6, 6.07) is 14.4. The quantitative estimate of drug-likeness (QED) is 0.0287. The van der Waals surface area contributed by atoms with Gasteiger partial charge in [0.1, 0.15) is 36.3 Å². The van der Waals surface area contributed by atoms with E-state index in [4.69, 9.17) is 34.4 Å². The molecule has 6 amide bonds. The summed E-state index contributed by atoms with van der Waals surface area (Å²) in [7, 11) is 0. The Bertz CT molecular complexity index is 2980. The van der Waals surface area contributed by atoms with Crippen molar-refractivity contribution in [1.29, 1.82) is 0 Å². The summed E-state index contributed by atoms with van der Waals surface area (Å²) in [5.74, 6) is -5.01. The first kappa shape index (κ1) is 53.7. The summed E-state index contributed by atoms with van der Waals surface area (Å²) in [5.41, 5.74) is 38.0. The molecule has 0 bridgehead atoms. The fourth-order valence-corrected chi connectivity index (χ4v) is 9.14. The highest BCUT2D eigenvalue weighted by Gasteiger charge is 2.36. The van der Waals surface area contributed by atoms with Crippen molar-refractivity contribution < 1.29 is 28.8 Å². The van der Waals surface area contributed by atoms with Crippen LogP contribution in [0.15, 0.2) is 106 Å². The van der Waals surface area contributed by atoms with Crippen LogP contribution in [0.1, 0.15) is 55.2 Å². The Morgan fingerprint density at radius 3 is 0.867 bits per heavy atom. The first-order valence-electron chi connectivity index (χ1n) is 24.8. The molecule has 396 valence electrons. The van der Waals surface area contributed by atoms with Gasteiger partial charge >= 0.3 is 0 Å². The third kappa shape index (κ3) is 14.8. The second-order valence-electron chi connectivity index (χ2n) is 18.4. The van der Waals surface area contributed by atoms with E-state index in [2.05, 4.69) is 61.8 Å². The molecule has 4 heterocycles. The number of fused-ring (bicyclic) bond motifs is 3. The molecule has 1 aliphatic heterocycles. The van der Waals surface area contributed by atoms with Gasteiger partial charge in [-0.3, -0.25) is 43.7 Å². The molecule has 0 saturated carbocycles. The maximum absolute atomic E-state index is 15.1. The van der Waals surface area contributed by atoms with Gasteiger partial charge < -0.3 is 81.3 Å². The summed E-state index contributed by atoms with van der Waals surface area (Å²) in [6.45, 7) is 0.268. The van der Waals surface area contributed by atoms with Crippen LogP contribution in [0.5, 0.6) is 0 Å². The van der Waals surface area contributed by atoms with Crippen LogP contribution >= 0.6 is 0 Å². The molecule has 24 nitrogen and oxygen atoms in total. The molecule has 7 rings (SSSR count). The zero-order valence-electron chi connectivity index (χ0n) is 41.4. The Balaban J connectivity index is 1.32. The van der Waals surface area contributed by atoms with E-state index in [-0.39, 0.29) is 95.3 Å². The lowest BCUT2D eigenvalue weighted by Gasteiger charge is -2.29. The molecule has 6 atom stereocenters. The van der Waals surface area contributed by atoms with E-state index in [1.54, 1.807) is 18.6 Å². The predicted octanol–water partition coefficient (Wildman–Crippen LogP) is -0.758. The fourth-order valence-electron chi connectivity index (χ4n) is 9.14. The van der Waals surface area contributed by atoms with Crippen molar-refractivity contribution in [3.05, 3.63) is 108 Å². The lowest BCUT2D eigenvalue weighted by atomic mass is 9.99. The summed E-state index contributed by atoms with van der Waals surface area (Å²) < 4.78 is 0. The van der Waals surface area contributed by atoms with Crippen LogP contribution in [-0.4, -0.2) is 124 Å². The number of nitrogens with zero attached hydrogens (tertiary/aromatic N) is 3. The molecule has 1 aliphatic rings. The standard InChI is InChI=1S/C51H66N18O6/c52-49(53)58-19-7-16-37-43(70)65-39(18-9-21-60-51(56)57)45(72)67-41(23-29-26-62-35-14-5-2-11-32(29)35)47(74)69-42(24-30-27-63-36-15-6-3-12-33(30)36)48(75)68-40(22-28-25-61-34-13-4-1-10-31(28)34)46(73)66-38(44(71)64-37)17-8-20-59-50(54)55/h1-6,10-15,25-27,37-42,61-63H,7-9,16-24H2,(H,64,71)(H,65,70)(H,66,73)(H,67,72)(H,68,75)(H,69,74)(H4,52,53,58)(H4,54,55,59)(H4,56,57,60)/t37-,38-,39-,40-,41-,42-/m0/s1. The van der Waals surface area contributed by atoms with Crippen molar-refractivity contribution in [2.45, 2.75) is 94.0 Å². The normalized spacial score (nSPS) is 20.2. The number of hydrogen-bond acceptors (Lipinski definition) is 9. The summed E-state index contributed by atoms with van der Waals surface area (Å²) >= 11 is 0. The molecule has 0 radical (unpaired) electrons. The van der Waals surface area contributed by atoms with Crippen LogP contribution in [0.25, 0.3) is 32.7 Å². The number of H-pyrrole nitrogens is 3. The Labute approximate surface area is 431 Å². The van der Waals surface area contributed by atoms with Gasteiger partial charge in [-0.25, -0.2) is 0 Å². The van der Waals surface area contributed by atoms with E-state index in [1.165, 1.54) is 0 Å². The average molecular weight is 1030 g/mol. The van der Waals surface area contributed by atoms with Gasteiger partial charge in [0.2, 0.25) is 35.4 Å². The van der Waals surface area contributed by atoms with E-state index in [0.29, 0.717) is 16.7 Å². The topological polar surface area (TPSA) is 415 Å². The monoisotopic (exact) mass is 1030 g/mol. The molecule has 0 spiro atoms. The highest BCUT2D eigenvalue weighted by molar-refractivity contribution is 5.99. The SMILES string of the molecule is NC(N)=NCCC[C@@H]1NC(=O)[C@H](CCCN=C(N)N)NC(=O)[C@H](Cc2c[nH]c3ccccc23)NC(=O)[C@H](Cc2c[nH]c3ccccc23)NC(=O)[C@H](Cc2c[nH]c3ccccc23)NC(=O)[C@H](CCCN=C(N)N)NC1=O. The van der Waals surface area contributed by atoms with Gasteiger partial charge in [0.25, 0.3) is 0 Å². The lowest BCUT2D eigenvalue weighted by molar-refractivity contribution is -0.136. The van der Waals surface area contributed by atoms with E-state index in [9.17, 15) is 19.2 Å². The van der Waals surface area contributed by atoms with Gasteiger partial charge in [-0.15, -0.1) is 0 Å². The van der Waals surface area contributed by atoms with Crippen molar-refractivity contribution >= 4 is 86.0 Å². The van der Waals surface area contributed by atoms with Crippen molar-refractivity contribution in [3.8, 4) is 0 Å². The molecule has 21 N–H and O–H groups in total. The van der Waals surface area contributed by atoms with Gasteiger partial charge in [-0.2, -0.15) is 0 Å². The van der Waals surface area contributed by atoms with Crippen LogP contribution in [-0.2, 0) is 48.0 Å². The van der Waals surface area contributed by atoms with Crippen molar-refractivity contribution in [2.24, 2.45) is 49.4 Å². The van der Waals surface area contributed by atoms with Crippen LogP contribution in [0.4, 0.5) is 0 Å². The minimum Gasteiger partial charge on any atom is -0.370 e. The number of nitrogens with one attached hydrogen (secondary N) is 9. The van der Waals surface area contributed by atoms with E-state index in [1.807, 2.05) is 72.8 Å². The van der Waals surface area contributed by atoms with Crippen molar-refractivity contribution in [2.75, 3.05) is 19.6 Å². The predicted molar refractivity (Wildman–Crippen MR) is 287 cm³/mol. The number of para-hydroxylation sites is 3. The number of aromatic nitrogens is 3. The summed E-state index contributed by atoms with van der Waals surface area (Å²) in [4.78, 5) is 111. The largest absolute Gasteiger partial charge is 0.370 e. The van der Waals surface area contributed by atoms with Gasteiger partial charge in [0.15, 0.2) is 17.9 Å². The van der Waals surface area contributed by atoms with Crippen molar-refractivity contribution in [1.82, 2.24) is 46.9 Å². The lowest BCUT2D eigenvalue weighted by Crippen LogP contribution is -2.62. The number of carbonyl (C=O) groups excluding carboxylic acids is 6. The van der Waals surface area contributed by atoms with Crippen LogP contribution in [0.3, 0.4) is 0 Å². The maximum atomic E-state index is 15.1. The number of carbonyl (C=O) groups is 6. The maximum Gasteiger partial charge on any atom is 0.243 e. The molecule has 1 fully saturated rings. The van der Waals surface area contributed by atoms with E-state index >= 15 is 9.59 Å². The van der Waals surface area contributed by atoms with E-state index in [0.717, 1.165) is 32.7 Å². The van der Waals surface area contributed by atoms with Gasteiger partial charge in [0.05, 0.1) is 0 Å². The Hall–Kier alpha value is -9.09. The average Bonchev–Trinajstić information content (AvgIpc) is 4.12. The molecule has 6 aromatic rings. The third-order valence-corrected chi connectivity index (χ3v) is 12.9. The molecule has 0 unspecified atom stereocenters. The number of amides is 6. The fraction of sp³-hybridized carbons (Fsp3) is 0.353. The van der Waals surface area contributed by atoms with Crippen LogP contribution in [0, 0.1) is 0 Å². The summed E-state index contributed by atoms with van der Waals surface area (Å²) in [5, 5.41) is 19.5. The Morgan fingerprint density at radius 2 is 0.600 bits per heavy atom. The highest BCUT2D eigenvalue weighted by atomic mass is 16.2. The van der Waals surface area contributed by atoms with E-state index < -0.39 is 71.7 Å². The Morgan fingerprint density at radius 1 is 0.360 bits per heavy atom. The zero-order chi connectivity index (χ0) is 53.4. The minimum absolute atomic E-state index is 0.0165. The van der Waals surface area contributed by atoms with Gasteiger partial charge in [-0.05, 0) is 73.4 Å². The van der Waals surface area contributed by atoms with Crippen LogP contribution in [0.2, 0.25) is 0 Å². The van der Waals surface area contributed by atoms with Gasteiger partial charge in [-0.1, -0.05) is 54.6 Å². The third-order valence-electron chi connectivity index (χ3n) is 12.9. The number of aliphatic imine (C=N–C) groups is 3.